The molecular weight excluding hydrogens is 421 g/mol. The van der Waals surface area contributed by atoms with Crippen LogP contribution in [0, 0.1) is 0 Å². The number of pyridine rings is 1. The molecule has 162 valence electrons. The van der Waals surface area contributed by atoms with Gasteiger partial charge in [0.2, 0.25) is 5.91 Å². The molecule has 10 heteroatoms. The molecule has 30 heavy (non-hydrogen) atoms. The molecular formula is C20H22ClF3N4O2. The highest BCUT2D eigenvalue weighted by atomic mass is 35.5. The fourth-order valence-electron chi connectivity index (χ4n) is 3.24. The minimum atomic E-state index is -4.48. The summed E-state index contributed by atoms with van der Waals surface area (Å²) in [5.74, 6) is 0.893. The van der Waals surface area contributed by atoms with Crippen LogP contribution in [0.25, 0.3) is 0 Å². The van der Waals surface area contributed by atoms with Gasteiger partial charge >= 0.3 is 6.18 Å². The lowest BCUT2D eigenvalue weighted by atomic mass is 10.2. The minimum absolute atomic E-state index is 0.0319. The Morgan fingerprint density at radius 1 is 1.20 bits per heavy atom. The maximum Gasteiger partial charge on any atom is 0.417 e. The first-order valence-corrected chi connectivity index (χ1v) is 9.78. The van der Waals surface area contributed by atoms with Gasteiger partial charge in [0.25, 0.3) is 0 Å². The summed E-state index contributed by atoms with van der Waals surface area (Å²) >= 11 is 6.06. The zero-order valence-electron chi connectivity index (χ0n) is 16.4. The zero-order valence-corrected chi connectivity index (χ0v) is 17.1. The third-order valence-corrected chi connectivity index (χ3v) is 5.06. The Balaban J connectivity index is 1.56. The van der Waals surface area contributed by atoms with Gasteiger partial charge in [-0.3, -0.25) is 9.69 Å². The molecule has 2 aromatic rings. The second-order valence-electron chi connectivity index (χ2n) is 6.92. The highest BCUT2D eigenvalue weighted by Crippen LogP contribution is 2.33. The molecule has 0 aliphatic carbocycles. The molecule has 1 amide bonds. The number of hydrogen-bond acceptors (Lipinski definition) is 5. The van der Waals surface area contributed by atoms with Crippen molar-refractivity contribution in [3.63, 3.8) is 0 Å². The van der Waals surface area contributed by atoms with Crippen molar-refractivity contribution in [1.82, 2.24) is 9.88 Å². The van der Waals surface area contributed by atoms with Crippen LogP contribution in [-0.2, 0) is 11.0 Å². The topological polar surface area (TPSA) is 57.7 Å². The molecule has 0 saturated carbocycles. The molecule has 1 fully saturated rings. The Morgan fingerprint density at radius 3 is 2.57 bits per heavy atom. The van der Waals surface area contributed by atoms with Gasteiger partial charge < -0.3 is 15.0 Å². The van der Waals surface area contributed by atoms with E-state index in [-0.39, 0.29) is 17.5 Å². The molecule has 3 rings (SSSR count). The number of hydrogen-bond donors (Lipinski definition) is 1. The normalized spacial score (nSPS) is 15.6. The van der Waals surface area contributed by atoms with E-state index in [1.54, 1.807) is 31.4 Å². The van der Waals surface area contributed by atoms with E-state index < -0.39 is 11.7 Å². The fourth-order valence-corrected chi connectivity index (χ4v) is 3.52. The summed E-state index contributed by atoms with van der Waals surface area (Å²) in [6, 6.07) is 7.95. The van der Waals surface area contributed by atoms with Crippen molar-refractivity contribution in [2.45, 2.75) is 12.6 Å². The van der Waals surface area contributed by atoms with E-state index in [4.69, 9.17) is 16.3 Å². The van der Waals surface area contributed by atoms with E-state index in [9.17, 15) is 18.0 Å². The number of nitrogens with zero attached hydrogens (tertiary/aromatic N) is 3. The molecule has 6 nitrogen and oxygen atoms in total. The monoisotopic (exact) mass is 442 g/mol. The molecule has 0 unspecified atom stereocenters. The molecule has 1 saturated heterocycles. The van der Waals surface area contributed by atoms with E-state index in [0.717, 1.165) is 18.7 Å². The highest BCUT2D eigenvalue weighted by Gasteiger charge is 2.32. The van der Waals surface area contributed by atoms with Crippen LogP contribution < -0.4 is 15.0 Å². The van der Waals surface area contributed by atoms with Crippen LogP contribution in [0.4, 0.5) is 24.7 Å². The maximum atomic E-state index is 12.8. The number of halogens is 4. The van der Waals surface area contributed by atoms with Crippen molar-refractivity contribution >= 4 is 29.0 Å². The van der Waals surface area contributed by atoms with Gasteiger partial charge in [-0.2, -0.15) is 13.2 Å². The number of anilines is 2. The van der Waals surface area contributed by atoms with Gasteiger partial charge in [-0.25, -0.2) is 4.98 Å². The first kappa shape index (κ1) is 22.2. The summed E-state index contributed by atoms with van der Waals surface area (Å²) in [5, 5.41) is 2.81. The van der Waals surface area contributed by atoms with Crippen LogP contribution in [-0.4, -0.2) is 55.6 Å². The van der Waals surface area contributed by atoms with Gasteiger partial charge in [0.05, 0.1) is 24.2 Å². The molecule has 1 aromatic heterocycles. The van der Waals surface area contributed by atoms with Crippen LogP contribution in [0.2, 0.25) is 5.02 Å². The predicted octanol–water partition coefficient (Wildman–Crippen LogP) is 3.91. The Kier molecular flexibility index (Phi) is 7.04. The lowest BCUT2D eigenvalue weighted by molar-refractivity contribution is -0.137. The van der Waals surface area contributed by atoms with Crippen LogP contribution in [0.5, 0.6) is 5.75 Å². The number of amides is 1. The second-order valence-corrected chi connectivity index (χ2v) is 7.33. The second kappa shape index (κ2) is 9.53. The summed E-state index contributed by atoms with van der Waals surface area (Å²) in [6.45, 7) is 2.57. The SMILES string of the molecule is COc1ccc(NC(=O)CN2CCCN(c3ncc(C(F)(F)F)cc3Cl)CC2)cc1. The molecule has 1 aromatic carbocycles. The van der Waals surface area contributed by atoms with Crippen LogP contribution in [0.3, 0.4) is 0 Å². The van der Waals surface area contributed by atoms with Crippen LogP contribution >= 0.6 is 11.6 Å². The average molecular weight is 443 g/mol. The maximum absolute atomic E-state index is 12.8. The molecule has 0 radical (unpaired) electrons. The fraction of sp³-hybridized carbons (Fsp3) is 0.400. The Bertz CT molecular complexity index is 877. The molecule has 1 aliphatic rings. The number of nitrogens with one attached hydrogen (secondary N) is 1. The van der Waals surface area contributed by atoms with E-state index >= 15 is 0 Å². The lowest BCUT2D eigenvalue weighted by Crippen LogP contribution is -2.36. The number of rotatable bonds is 5. The number of methoxy groups -OCH3 is 1. The van der Waals surface area contributed by atoms with E-state index in [2.05, 4.69) is 10.3 Å². The quantitative estimate of drug-likeness (QED) is 0.760. The Morgan fingerprint density at radius 2 is 1.93 bits per heavy atom. The third kappa shape index (κ3) is 5.76. The molecule has 0 bridgehead atoms. The largest absolute Gasteiger partial charge is 0.497 e. The van der Waals surface area contributed by atoms with Crippen molar-refractivity contribution in [2.24, 2.45) is 0 Å². The predicted molar refractivity (Wildman–Crippen MR) is 109 cm³/mol. The number of carbonyl (C=O) groups excluding carboxylic acids is 1. The first-order valence-electron chi connectivity index (χ1n) is 9.40. The molecule has 0 atom stereocenters. The molecule has 0 spiro atoms. The number of alkyl halides is 3. The van der Waals surface area contributed by atoms with Crippen molar-refractivity contribution < 1.29 is 22.7 Å². The zero-order chi connectivity index (χ0) is 21.7. The van der Waals surface area contributed by atoms with Crippen molar-refractivity contribution in [3.05, 3.63) is 47.1 Å². The first-order chi connectivity index (χ1) is 14.3. The van der Waals surface area contributed by atoms with Gasteiger partial charge in [0.15, 0.2) is 0 Å². The Hall–Kier alpha value is -2.52. The summed E-state index contributed by atoms with van der Waals surface area (Å²) < 4.78 is 43.5. The number of benzene rings is 1. The summed E-state index contributed by atoms with van der Waals surface area (Å²) in [5.41, 5.74) is -0.194. The van der Waals surface area contributed by atoms with Crippen LogP contribution in [0.1, 0.15) is 12.0 Å². The van der Waals surface area contributed by atoms with E-state index in [1.165, 1.54) is 0 Å². The van der Waals surface area contributed by atoms with Crippen molar-refractivity contribution in [3.8, 4) is 5.75 Å². The molecule has 1 aliphatic heterocycles. The van der Waals surface area contributed by atoms with Gasteiger partial charge in [0, 0.05) is 38.1 Å². The summed E-state index contributed by atoms with van der Waals surface area (Å²) in [6.07, 6.45) is -2.96. The third-order valence-electron chi connectivity index (χ3n) is 4.78. The number of aromatic nitrogens is 1. The smallest absolute Gasteiger partial charge is 0.417 e. The number of ether oxygens (including phenoxy) is 1. The van der Waals surface area contributed by atoms with E-state index in [1.807, 2.05) is 9.80 Å². The Labute approximate surface area is 177 Å². The lowest BCUT2D eigenvalue weighted by Gasteiger charge is -2.23. The van der Waals surface area contributed by atoms with Crippen molar-refractivity contribution in [1.29, 1.82) is 0 Å². The van der Waals surface area contributed by atoms with Gasteiger partial charge in [-0.05, 0) is 36.8 Å². The molecule has 2 heterocycles. The van der Waals surface area contributed by atoms with Crippen LogP contribution in [0.15, 0.2) is 36.5 Å². The standard InChI is InChI=1S/C20H22ClF3N4O2/c1-30-16-5-3-15(4-6-16)26-18(29)13-27-7-2-8-28(10-9-27)19-17(21)11-14(12-25-19)20(22,23)24/h3-6,11-12H,2,7-10,13H2,1H3,(H,26,29). The van der Waals surface area contributed by atoms with Gasteiger partial charge in [0.1, 0.15) is 11.6 Å². The summed E-state index contributed by atoms with van der Waals surface area (Å²) in [7, 11) is 1.57. The summed E-state index contributed by atoms with van der Waals surface area (Å²) in [4.78, 5) is 20.1. The van der Waals surface area contributed by atoms with Gasteiger partial charge in [-0.1, -0.05) is 11.6 Å². The average Bonchev–Trinajstić information content (AvgIpc) is 2.93. The van der Waals surface area contributed by atoms with Gasteiger partial charge in [-0.15, -0.1) is 0 Å². The minimum Gasteiger partial charge on any atom is -0.497 e. The highest BCUT2D eigenvalue weighted by molar-refractivity contribution is 6.33. The number of carbonyl (C=O) groups is 1. The van der Waals surface area contributed by atoms with E-state index in [0.29, 0.717) is 43.4 Å². The van der Waals surface area contributed by atoms with Crippen molar-refractivity contribution in [2.75, 3.05) is 50.1 Å². The molecule has 1 N–H and O–H groups in total.